The Morgan fingerprint density at radius 2 is 1.96 bits per heavy atom. The van der Waals surface area contributed by atoms with Gasteiger partial charge in [-0.25, -0.2) is 0 Å². The van der Waals surface area contributed by atoms with E-state index in [2.05, 4.69) is 17.1 Å². The van der Waals surface area contributed by atoms with Crippen molar-refractivity contribution in [3.8, 4) is 11.5 Å². The summed E-state index contributed by atoms with van der Waals surface area (Å²) in [5.41, 5.74) is 0.966. The van der Waals surface area contributed by atoms with E-state index in [-0.39, 0.29) is 12.2 Å². The molecule has 23 heavy (non-hydrogen) atoms. The van der Waals surface area contributed by atoms with Crippen molar-refractivity contribution in [3.63, 3.8) is 0 Å². The largest absolute Gasteiger partial charge is 0.451 e. The number of carbonyl (C=O) groups excluding carboxylic acids is 1. The monoisotopic (exact) mass is 316 g/mol. The fraction of sp³-hybridized carbons (Fsp3) is 0.611. The number of piperidine rings is 3. The van der Waals surface area contributed by atoms with E-state index in [4.69, 9.17) is 9.47 Å². The van der Waals surface area contributed by atoms with Crippen LogP contribution < -0.4 is 14.8 Å². The van der Waals surface area contributed by atoms with Gasteiger partial charge in [0.1, 0.15) is 0 Å². The quantitative estimate of drug-likeness (QED) is 0.926. The van der Waals surface area contributed by atoms with Crippen molar-refractivity contribution >= 4 is 5.91 Å². The van der Waals surface area contributed by atoms with Gasteiger partial charge < -0.3 is 14.8 Å². The van der Waals surface area contributed by atoms with Crippen LogP contribution in [0.3, 0.4) is 0 Å². The first-order valence-electron chi connectivity index (χ1n) is 8.60. The minimum Gasteiger partial charge on any atom is -0.451 e. The molecule has 4 aliphatic rings. The second-order valence-corrected chi connectivity index (χ2v) is 6.97. The molecule has 2 bridgehead atoms. The third-order valence-corrected chi connectivity index (χ3v) is 5.46. The second-order valence-electron chi connectivity index (χ2n) is 6.97. The standard InChI is InChI=1S/C18H24N2O3/c1-11-18(14-5-7-20(11)8-6-14)19-17(21)10-13-3-4-15-16(9-13)23-12(2)22-15/h3-4,9,11-12,14,18H,5-8,10H2,1-2H3,(H,19,21)/t11-,12?,18+/m1/s1. The first kappa shape index (κ1) is 14.8. The van der Waals surface area contributed by atoms with Crippen LogP contribution in [0.4, 0.5) is 0 Å². The minimum absolute atomic E-state index is 0.0995. The molecule has 1 N–H and O–H groups in total. The van der Waals surface area contributed by atoms with Gasteiger partial charge in [0.15, 0.2) is 11.5 Å². The molecule has 1 unspecified atom stereocenters. The van der Waals surface area contributed by atoms with Gasteiger partial charge in [0, 0.05) is 19.0 Å². The number of amides is 1. The summed E-state index contributed by atoms with van der Waals surface area (Å²) in [4.78, 5) is 15.0. The molecule has 3 fully saturated rings. The van der Waals surface area contributed by atoms with Gasteiger partial charge >= 0.3 is 0 Å². The SMILES string of the molecule is CC1Oc2ccc(CC(=O)N[C@@H]3C4CCN(CC4)[C@@H]3C)cc2O1. The number of nitrogens with one attached hydrogen (secondary N) is 1. The Bertz CT molecular complexity index is 608. The highest BCUT2D eigenvalue weighted by Crippen LogP contribution is 2.35. The Balaban J connectivity index is 1.40. The number of benzene rings is 1. The Labute approximate surface area is 136 Å². The summed E-state index contributed by atoms with van der Waals surface area (Å²) in [6.45, 7) is 6.45. The van der Waals surface area contributed by atoms with Crippen molar-refractivity contribution in [2.24, 2.45) is 5.92 Å². The van der Waals surface area contributed by atoms with Crippen molar-refractivity contribution in [1.82, 2.24) is 10.2 Å². The lowest BCUT2D eigenvalue weighted by Gasteiger charge is -2.50. The summed E-state index contributed by atoms with van der Waals surface area (Å²) in [5.74, 6) is 2.23. The van der Waals surface area contributed by atoms with Crippen molar-refractivity contribution in [2.45, 2.75) is 51.5 Å². The fourth-order valence-electron chi connectivity index (χ4n) is 4.20. The van der Waals surface area contributed by atoms with Crippen LogP contribution in [0, 0.1) is 5.92 Å². The maximum absolute atomic E-state index is 12.5. The van der Waals surface area contributed by atoms with Crippen LogP contribution >= 0.6 is 0 Å². The summed E-state index contributed by atoms with van der Waals surface area (Å²) in [6, 6.07) is 6.49. The van der Waals surface area contributed by atoms with Crippen molar-refractivity contribution in [2.75, 3.05) is 13.1 Å². The van der Waals surface area contributed by atoms with Gasteiger partial charge in [-0.05, 0) is 56.5 Å². The smallest absolute Gasteiger partial charge is 0.238 e. The molecular weight excluding hydrogens is 292 g/mol. The van der Waals surface area contributed by atoms with Crippen LogP contribution in [-0.4, -0.2) is 42.3 Å². The molecule has 0 aromatic heterocycles. The molecule has 3 atom stereocenters. The molecule has 5 heteroatoms. The molecule has 0 saturated carbocycles. The Hall–Kier alpha value is -1.75. The number of nitrogens with zero attached hydrogens (tertiary/aromatic N) is 1. The molecular formula is C18H24N2O3. The second kappa shape index (κ2) is 5.71. The molecule has 0 aliphatic carbocycles. The van der Waals surface area contributed by atoms with Crippen LogP contribution in [0.5, 0.6) is 11.5 Å². The molecule has 5 nitrogen and oxygen atoms in total. The molecule has 4 heterocycles. The normalized spacial score (nSPS) is 34.4. The first-order valence-corrected chi connectivity index (χ1v) is 8.60. The molecule has 3 saturated heterocycles. The first-order chi connectivity index (χ1) is 11.1. The number of rotatable bonds is 3. The zero-order valence-electron chi connectivity index (χ0n) is 13.7. The average molecular weight is 316 g/mol. The molecule has 5 rings (SSSR count). The predicted octanol–water partition coefficient (Wildman–Crippen LogP) is 1.95. The number of hydrogen-bond donors (Lipinski definition) is 1. The topological polar surface area (TPSA) is 50.8 Å². The highest BCUT2D eigenvalue weighted by Gasteiger charge is 2.40. The summed E-state index contributed by atoms with van der Waals surface area (Å²) >= 11 is 0. The average Bonchev–Trinajstić information content (AvgIpc) is 2.90. The van der Waals surface area contributed by atoms with Crippen molar-refractivity contribution in [3.05, 3.63) is 23.8 Å². The molecule has 0 spiro atoms. The molecule has 1 aromatic carbocycles. The van der Waals surface area contributed by atoms with Crippen LogP contribution in [0.15, 0.2) is 18.2 Å². The van der Waals surface area contributed by atoms with E-state index < -0.39 is 0 Å². The Kier molecular flexibility index (Phi) is 3.68. The molecule has 124 valence electrons. The summed E-state index contributed by atoms with van der Waals surface area (Å²) in [7, 11) is 0. The molecule has 4 aliphatic heterocycles. The van der Waals surface area contributed by atoms with Crippen LogP contribution in [0.25, 0.3) is 0 Å². The molecule has 0 radical (unpaired) electrons. The van der Waals surface area contributed by atoms with Crippen LogP contribution in [-0.2, 0) is 11.2 Å². The lowest BCUT2D eigenvalue weighted by Crippen LogP contribution is -2.62. The maximum Gasteiger partial charge on any atom is 0.238 e. The van der Waals surface area contributed by atoms with Crippen LogP contribution in [0.1, 0.15) is 32.3 Å². The Morgan fingerprint density at radius 1 is 1.22 bits per heavy atom. The van der Waals surface area contributed by atoms with E-state index in [9.17, 15) is 4.79 Å². The van der Waals surface area contributed by atoms with Gasteiger partial charge in [0.05, 0.1) is 6.42 Å². The number of carbonyl (C=O) groups is 1. The summed E-state index contributed by atoms with van der Waals surface area (Å²) in [5, 5.41) is 3.27. The lowest BCUT2D eigenvalue weighted by atomic mass is 9.79. The van der Waals surface area contributed by atoms with E-state index in [1.54, 1.807) is 0 Å². The maximum atomic E-state index is 12.5. The van der Waals surface area contributed by atoms with Crippen molar-refractivity contribution in [1.29, 1.82) is 0 Å². The predicted molar refractivity (Wildman–Crippen MR) is 86.6 cm³/mol. The van der Waals surface area contributed by atoms with Crippen LogP contribution in [0.2, 0.25) is 0 Å². The van der Waals surface area contributed by atoms with E-state index in [0.29, 0.717) is 24.4 Å². The summed E-state index contributed by atoms with van der Waals surface area (Å²) < 4.78 is 11.1. The van der Waals surface area contributed by atoms with Gasteiger partial charge in [0.2, 0.25) is 12.2 Å². The third-order valence-electron chi connectivity index (χ3n) is 5.46. The summed E-state index contributed by atoms with van der Waals surface area (Å²) in [6.07, 6.45) is 2.55. The van der Waals surface area contributed by atoms with Gasteiger partial charge in [0.25, 0.3) is 0 Å². The zero-order chi connectivity index (χ0) is 16.0. The van der Waals surface area contributed by atoms with Gasteiger partial charge in [-0.1, -0.05) is 6.07 Å². The minimum atomic E-state index is -0.248. The van der Waals surface area contributed by atoms with Gasteiger partial charge in [-0.15, -0.1) is 0 Å². The molecule has 1 amide bonds. The number of hydrogen-bond acceptors (Lipinski definition) is 4. The van der Waals surface area contributed by atoms with E-state index in [1.165, 1.54) is 25.9 Å². The van der Waals surface area contributed by atoms with Gasteiger partial charge in [-0.2, -0.15) is 0 Å². The van der Waals surface area contributed by atoms with Crippen molar-refractivity contribution < 1.29 is 14.3 Å². The Morgan fingerprint density at radius 3 is 2.70 bits per heavy atom. The van der Waals surface area contributed by atoms with Gasteiger partial charge in [-0.3, -0.25) is 9.69 Å². The highest BCUT2D eigenvalue weighted by atomic mass is 16.7. The lowest BCUT2D eigenvalue weighted by molar-refractivity contribution is -0.123. The highest BCUT2D eigenvalue weighted by molar-refractivity contribution is 5.79. The zero-order valence-corrected chi connectivity index (χ0v) is 13.7. The third kappa shape index (κ3) is 2.78. The van der Waals surface area contributed by atoms with E-state index in [1.807, 2.05) is 25.1 Å². The number of fused-ring (bicyclic) bond motifs is 4. The van der Waals surface area contributed by atoms with E-state index >= 15 is 0 Å². The van der Waals surface area contributed by atoms with E-state index in [0.717, 1.165) is 17.1 Å². The number of ether oxygens (including phenoxy) is 2. The fourth-order valence-corrected chi connectivity index (χ4v) is 4.20. The molecule has 1 aromatic rings.